The van der Waals surface area contributed by atoms with E-state index in [2.05, 4.69) is 34.3 Å². The Labute approximate surface area is 146 Å². The molecule has 1 heterocycles. The Morgan fingerprint density at radius 3 is 2.76 bits per heavy atom. The first-order valence-corrected chi connectivity index (χ1v) is 7.92. The number of hydrogen-bond donors (Lipinski definition) is 1. The molecule has 0 bridgehead atoms. The van der Waals surface area contributed by atoms with E-state index in [0.29, 0.717) is 5.75 Å². The highest BCUT2D eigenvalue weighted by molar-refractivity contribution is 5.85. The average molecular weight is 343 g/mol. The number of benzene rings is 1. The van der Waals surface area contributed by atoms with Crippen LogP contribution in [0, 0.1) is 10.1 Å². The Hall–Kier alpha value is -3.16. The van der Waals surface area contributed by atoms with Gasteiger partial charge < -0.3 is 9.64 Å². The number of methoxy groups -OCH3 is 1. The van der Waals surface area contributed by atoms with Crippen LogP contribution in [0.2, 0.25) is 0 Å². The summed E-state index contributed by atoms with van der Waals surface area (Å²) in [6, 6.07) is 8.69. The van der Waals surface area contributed by atoms with Crippen LogP contribution in [0.4, 0.5) is 17.2 Å². The van der Waals surface area contributed by atoms with Crippen molar-refractivity contribution in [1.29, 1.82) is 0 Å². The van der Waals surface area contributed by atoms with Gasteiger partial charge >= 0.3 is 5.69 Å². The molecule has 0 aliphatic rings. The van der Waals surface area contributed by atoms with E-state index in [1.54, 1.807) is 13.3 Å². The summed E-state index contributed by atoms with van der Waals surface area (Å²) in [5, 5.41) is 15.0. The topological polar surface area (TPSA) is 92.9 Å². The van der Waals surface area contributed by atoms with Gasteiger partial charge in [0.1, 0.15) is 5.75 Å². The first kappa shape index (κ1) is 18.2. The fraction of sp³-hybridized carbons (Fsp3) is 0.294. The van der Waals surface area contributed by atoms with Gasteiger partial charge in [0.15, 0.2) is 0 Å². The van der Waals surface area contributed by atoms with E-state index in [1.165, 1.54) is 18.3 Å². The summed E-state index contributed by atoms with van der Waals surface area (Å²) in [7, 11) is 1.59. The summed E-state index contributed by atoms with van der Waals surface area (Å²) in [5.74, 6) is 0.757. The number of pyridine rings is 1. The third-order valence-corrected chi connectivity index (χ3v) is 3.70. The van der Waals surface area contributed by atoms with Crippen molar-refractivity contribution in [3.8, 4) is 5.75 Å². The number of anilines is 2. The van der Waals surface area contributed by atoms with Gasteiger partial charge in [-0.2, -0.15) is 5.10 Å². The Morgan fingerprint density at radius 1 is 1.36 bits per heavy atom. The van der Waals surface area contributed by atoms with Crippen LogP contribution in [0.1, 0.15) is 19.4 Å². The molecule has 0 unspecified atom stereocenters. The van der Waals surface area contributed by atoms with E-state index in [-0.39, 0.29) is 11.5 Å². The molecule has 1 aromatic heterocycles. The van der Waals surface area contributed by atoms with Crippen LogP contribution in [0.25, 0.3) is 0 Å². The van der Waals surface area contributed by atoms with Gasteiger partial charge in [-0.05, 0) is 32.0 Å². The van der Waals surface area contributed by atoms with Crippen molar-refractivity contribution in [1.82, 2.24) is 4.98 Å². The molecule has 2 aromatic rings. The van der Waals surface area contributed by atoms with Gasteiger partial charge in [0, 0.05) is 42.7 Å². The van der Waals surface area contributed by atoms with Gasteiger partial charge in [-0.1, -0.05) is 0 Å². The molecular formula is C17H21N5O3. The fourth-order valence-corrected chi connectivity index (χ4v) is 2.39. The van der Waals surface area contributed by atoms with E-state index in [9.17, 15) is 10.1 Å². The standard InChI is InChI=1S/C17H21N5O3/c1-4-21(5-2)14-9-8-13(16(11-14)25-3)12-19-20-17-15(22(23)24)7-6-10-18-17/h6-12H,4-5H2,1-3H3,(H,18,20)/b19-12-. The molecule has 0 radical (unpaired) electrons. The molecule has 0 amide bonds. The van der Waals surface area contributed by atoms with E-state index in [1.807, 2.05) is 18.2 Å². The number of aromatic nitrogens is 1. The van der Waals surface area contributed by atoms with E-state index in [0.717, 1.165) is 24.3 Å². The second-order valence-corrected chi connectivity index (χ2v) is 5.10. The van der Waals surface area contributed by atoms with Crippen LogP contribution in [-0.2, 0) is 0 Å². The monoisotopic (exact) mass is 343 g/mol. The first-order chi connectivity index (χ1) is 12.1. The molecule has 0 atom stereocenters. The molecule has 1 N–H and O–H groups in total. The minimum absolute atomic E-state index is 0.0856. The molecule has 2 rings (SSSR count). The smallest absolute Gasteiger partial charge is 0.313 e. The van der Waals surface area contributed by atoms with Crippen molar-refractivity contribution in [3.63, 3.8) is 0 Å². The largest absolute Gasteiger partial charge is 0.496 e. The number of hydrazone groups is 1. The number of nitro groups is 1. The van der Waals surface area contributed by atoms with Gasteiger partial charge in [-0.3, -0.25) is 15.5 Å². The predicted octanol–water partition coefficient (Wildman–Crippen LogP) is 3.29. The lowest BCUT2D eigenvalue weighted by molar-refractivity contribution is -0.384. The number of nitrogens with one attached hydrogen (secondary N) is 1. The summed E-state index contributed by atoms with van der Waals surface area (Å²) in [6.07, 6.45) is 3.01. The van der Waals surface area contributed by atoms with Crippen molar-refractivity contribution in [2.75, 3.05) is 30.5 Å². The lowest BCUT2D eigenvalue weighted by Gasteiger charge is -2.21. The summed E-state index contributed by atoms with van der Waals surface area (Å²) in [6.45, 7) is 5.99. The highest BCUT2D eigenvalue weighted by Gasteiger charge is 2.13. The van der Waals surface area contributed by atoms with Crippen LogP contribution in [0.15, 0.2) is 41.6 Å². The maximum absolute atomic E-state index is 11.0. The van der Waals surface area contributed by atoms with Crippen LogP contribution >= 0.6 is 0 Å². The van der Waals surface area contributed by atoms with Crippen LogP contribution < -0.4 is 15.1 Å². The SMILES string of the molecule is CCN(CC)c1ccc(/C=N\Nc2ncccc2[N+](=O)[O-])c(OC)c1. The molecule has 0 saturated carbocycles. The van der Waals surface area contributed by atoms with Crippen molar-refractivity contribution in [3.05, 3.63) is 52.2 Å². The second kappa shape index (κ2) is 8.62. The number of rotatable bonds is 8. The van der Waals surface area contributed by atoms with Crippen molar-refractivity contribution < 1.29 is 9.66 Å². The molecule has 0 aliphatic heterocycles. The van der Waals surface area contributed by atoms with Gasteiger partial charge in [0.05, 0.1) is 18.2 Å². The molecule has 0 spiro atoms. The van der Waals surface area contributed by atoms with Gasteiger partial charge in [0.25, 0.3) is 0 Å². The number of hydrogen-bond acceptors (Lipinski definition) is 7. The molecule has 25 heavy (non-hydrogen) atoms. The van der Waals surface area contributed by atoms with Crippen LogP contribution in [0.3, 0.4) is 0 Å². The summed E-state index contributed by atoms with van der Waals surface area (Å²) in [4.78, 5) is 16.6. The lowest BCUT2D eigenvalue weighted by atomic mass is 10.2. The summed E-state index contributed by atoms with van der Waals surface area (Å²) < 4.78 is 5.42. The van der Waals surface area contributed by atoms with Gasteiger partial charge in [-0.25, -0.2) is 4.98 Å². The van der Waals surface area contributed by atoms with Crippen molar-refractivity contribution >= 4 is 23.4 Å². The van der Waals surface area contributed by atoms with Crippen molar-refractivity contribution in [2.45, 2.75) is 13.8 Å². The zero-order valence-electron chi connectivity index (χ0n) is 14.5. The quantitative estimate of drug-likeness (QED) is 0.449. The maximum Gasteiger partial charge on any atom is 0.313 e. The van der Waals surface area contributed by atoms with E-state index >= 15 is 0 Å². The fourth-order valence-electron chi connectivity index (χ4n) is 2.39. The molecule has 132 valence electrons. The third kappa shape index (κ3) is 4.43. The first-order valence-electron chi connectivity index (χ1n) is 7.92. The Morgan fingerprint density at radius 2 is 2.12 bits per heavy atom. The minimum atomic E-state index is -0.510. The molecule has 0 aliphatic carbocycles. The molecule has 0 fully saturated rings. The Balaban J connectivity index is 2.20. The third-order valence-electron chi connectivity index (χ3n) is 3.70. The summed E-state index contributed by atoms with van der Waals surface area (Å²) >= 11 is 0. The average Bonchev–Trinajstić information content (AvgIpc) is 2.63. The molecule has 8 heteroatoms. The Kier molecular flexibility index (Phi) is 6.27. The zero-order chi connectivity index (χ0) is 18.2. The highest BCUT2D eigenvalue weighted by Crippen LogP contribution is 2.25. The maximum atomic E-state index is 11.0. The highest BCUT2D eigenvalue weighted by atomic mass is 16.6. The predicted molar refractivity (Wildman–Crippen MR) is 98.7 cm³/mol. The van der Waals surface area contributed by atoms with Gasteiger partial charge in [-0.15, -0.1) is 0 Å². The van der Waals surface area contributed by atoms with Crippen LogP contribution in [-0.4, -0.2) is 36.3 Å². The second-order valence-electron chi connectivity index (χ2n) is 5.10. The molecule has 1 aromatic carbocycles. The Bertz CT molecular complexity index is 760. The minimum Gasteiger partial charge on any atom is -0.496 e. The molecular weight excluding hydrogens is 322 g/mol. The van der Waals surface area contributed by atoms with E-state index < -0.39 is 4.92 Å². The molecule has 8 nitrogen and oxygen atoms in total. The van der Waals surface area contributed by atoms with Crippen molar-refractivity contribution in [2.24, 2.45) is 5.10 Å². The number of nitrogens with zero attached hydrogens (tertiary/aromatic N) is 4. The van der Waals surface area contributed by atoms with E-state index in [4.69, 9.17) is 4.74 Å². The number of ether oxygens (including phenoxy) is 1. The van der Waals surface area contributed by atoms with Gasteiger partial charge in [0.2, 0.25) is 5.82 Å². The summed E-state index contributed by atoms with van der Waals surface area (Å²) in [5.41, 5.74) is 4.29. The lowest BCUT2D eigenvalue weighted by Crippen LogP contribution is -2.21. The zero-order valence-corrected chi connectivity index (χ0v) is 14.5. The normalized spacial score (nSPS) is 10.7. The van der Waals surface area contributed by atoms with Crippen LogP contribution in [0.5, 0.6) is 5.75 Å². The molecule has 0 saturated heterocycles.